The number of halogens is 2. The Morgan fingerprint density at radius 1 is 1.80 bits per heavy atom. The van der Waals surface area contributed by atoms with Crippen LogP contribution in [0.15, 0.2) is 0 Å². The monoisotopic (exact) mass is 139 g/mol. The van der Waals surface area contributed by atoms with Crippen LogP contribution in [0.3, 0.4) is 0 Å². The van der Waals surface area contributed by atoms with Gasteiger partial charge in [0, 0.05) is 14.9 Å². The first-order valence-corrected chi connectivity index (χ1v) is 4.09. The van der Waals surface area contributed by atoms with E-state index in [4.69, 9.17) is 22.7 Å². The normalized spacial score (nSPS) is 15.0. The first kappa shape index (κ1) is 6.01. The SMILES string of the molecule is [Si]C(Cl)[Si]Cl. The molecule has 0 saturated carbocycles. The summed E-state index contributed by atoms with van der Waals surface area (Å²) in [6, 6.07) is 0. The molecule has 0 aliphatic carbocycles. The molecule has 0 N–H and O–H groups in total. The maximum Gasteiger partial charge on any atom is 0.187 e. The number of hydrogen-bond acceptors (Lipinski definition) is 0. The van der Waals surface area contributed by atoms with Gasteiger partial charge in [-0.3, -0.25) is 0 Å². The Balaban J connectivity index is 2.54. The molecule has 5 heavy (non-hydrogen) atoms. The van der Waals surface area contributed by atoms with Gasteiger partial charge in [0.2, 0.25) is 0 Å². The van der Waals surface area contributed by atoms with Gasteiger partial charge in [-0.1, -0.05) is 0 Å². The lowest BCUT2D eigenvalue weighted by Crippen LogP contribution is -2.00. The van der Waals surface area contributed by atoms with Gasteiger partial charge in [0.05, 0.1) is 0 Å². The van der Waals surface area contributed by atoms with Crippen molar-refractivity contribution in [3.8, 4) is 0 Å². The van der Waals surface area contributed by atoms with E-state index >= 15 is 0 Å². The molecule has 0 rings (SSSR count). The molecule has 0 saturated heterocycles. The van der Waals surface area contributed by atoms with Crippen LogP contribution in [0.5, 0.6) is 0 Å². The Hall–Kier alpha value is 1.01. The van der Waals surface area contributed by atoms with Crippen molar-refractivity contribution in [2.75, 3.05) is 0 Å². The molecule has 4 heteroatoms. The largest absolute Gasteiger partial charge is 0.187 e. The Morgan fingerprint density at radius 3 is 2.00 bits per heavy atom. The Kier molecular flexibility index (Phi) is 3.86. The summed E-state index contributed by atoms with van der Waals surface area (Å²) >= 11 is 10.4. The third-order valence-corrected chi connectivity index (χ3v) is 2.59. The van der Waals surface area contributed by atoms with E-state index in [1.165, 1.54) is 0 Å². The van der Waals surface area contributed by atoms with Gasteiger partial charge in [-0.2, -0.15) is 11.1 Å². The molecule has 0 fully saturated rings. The van der Waals surface area contributed by atoms with E-state index in [2.05, 4.69) is 10.2 Å². The zero-order valence-corrected chi connectivity index (χ0v) is 5.85. The third-order valence-electron chi connectivity index (χ3n) is 0.0958. The van der Waals surface area contributed by atoms with Crippen LogP contribution in [-0.4, -0.2) is 23.7 Å². The van der Waals surface area contributed by atoms with Crippen molar-refractivity contribution in [2.24, 2.45) is 0 Å². The van der Waals surface area contributed by atoms with E-state index in [0.717, 1.165) is 0 Å². The molecule has 0 aliphatic rings. The average Bonchev–Trinajstić information content (AvgIpc) is 1.38. The zero-order chi connectivity index (χ0) is 4.28. The fourth-order valence-electron chi connectivity index (χ4n) is 0. The Morgan fingerprint density at radius 2 is 2.00 bits per heavy atom. The van der Waals surface area contributed by atoms with Crippen molar-refractivity contribution in [3.05, 3.63) is 0 Å². The van der Waals surface area contributed by atoms with E-state index < -0.39 is 0 Å². The van der Waals surface area contributed by atoms with Crippen LogP contribution in [0.2, 0.25) is 0 Å². The Labute approximate surface area is 46.8 Å². The van der Waals surface area contributed by atoms with Crippen LogP contribution in [0, 0.1) is 0 Å². The van der Waals surface area contributed by atoms with Crippen LogP contribution in [-0.2, 0) is 0 Å². The lowest BCUT2D eigenvalue weighted by Gasteiger charge is -1.82. The summed E-state index contributed by atoms with van der Waals surface area (Å²) in [5, 5.41) is 0. The number of hydrogen-bond donors (Lipinski definition) is 0. The predicted octanol–water partition coefficient (Wildman–Crippen LogP) is 0.535. The van der Waals surface area contributed by atoms with E-state index in [0.29, 0.717) is 0 Å². The minimum atomic E-state index is -0.0448. The van der Waals surface area contributed by atoms with Gasteiger partial charge in [0.1, 0.15) is 0 Å². The second kappa shape index (κ2) is 3.21. The second-order valence-corrected chi connectivity index (χ2v) is 4.24. The van der Waals surface area contributed by atoms with Gasteiger partial charge >= 0.3 is 0 Å². The highest BCUT2D eigenvalue weighted by Crippen LogP contribution is 1.85. The summed E-state index contributed by atoms with van der Waals surface area (Å²) in [5.74, 6) is 0. The average molecular weight is 140 g/mol. The maximum absolute atomic E-state index is 5.26. The number of rotatable bonds is 1. The Bertz CT molecular complexity index is 21.6. The quantitative estimate of drug-likeness (QED) is 0.283. The van der Waals surface area contributed by atoms with Crippen LogP contribution >= 0.6 is 22.7 Å². The molecule has 0 nitrogen and oxygen atoms in total. The molecular weight excluding hydrogens is 139 g/mol. The molecule has 0 aromatic carbocycles. The standard InChI is InChI=1S/CHCl2Si2/c2-1(4)5-3/h1H. The van der Waals surface area contributed by atoms with Crippen molar-refractivity contribution in [2.45, 2.75) is 4.62 Å². The van der Waals surface area contributed by atoms with E-state index in [1.54, 1.807) is 0 Å². The molecule has 1 atom stereocenters. The van der Waals surface area contributed by atoms with Crippen molar-refractivity contribution >= 4 is 41.8 Å². The van der Waals surface area contributed by atoms with Gasteiger partial charge in [-0.15, -0.1) is 11.6 Å². The maximum atomic E-state index is 5.26. The molecular formula is CHCl2Si2. The highest BCUT2D eigenvalue weighted by Gasteiger charge is 1.89. The van der Waals surface area contributed by atoms with E-state index in [-0.39, 0.29) is 13.5 Å². The summed E-state index contributed by atoms with van der Waals surface area (Å²) in [4.78, 5) is 0. The van der Waals surface area contributed by atoms with Crippen molar-refractivity contribution < 1.29 is 0 Å². The third kappa shape index (κ3) is 5.01. The summed E-state index contributed by atoms with van der Waals surface area (Å²) < 4.78 is -0.0448. The summed E-state index contributed by atoms with van der Waals surface area (Å²) in [7, 11) is 3.33. The van der Waals surface area contributed by atoms with Crippen molar-refractivity contribution in [1.29, 1.82) is 0 Å². The first-order valence-electron chi connectivity index (χ1n) is 0.985. The van der Waals surface area contributed by atoms with Gasteiger partial charge in [0.15, 0.2) is 8.83 Å². The van der Waals surface area contributed by atoms with Crippen LogP contribution < -0.4 is 0 Å². The fourth-order valence-corrected chi connectivity index (χ4v) is 0. The van der Waals surface area contributed by atoms with Gasteiger partial charge < -0.3 is 0 Å². The second-order valence-electron chi connectivity index (χ2n) is 0.472. The molecule has 0 heterocycles. The lowest BCUT2D eigenvalue weighted by atomic mass is 11.8. The fraction of sp³-hybridized carbons (Fsp3) is 1.00. The van der Waals surface area contributed by atoms with Crippen LogP contribution in [0.1, 0.15) is 0 Å². The van der Waals surface area contributed by atoms with Gasteiger partial charge in [-0.25, -0.2) is 0 Å². The molecule has 0 aromatic rings. The lowest BCUT2D eigenvalue weighted by molar-refractivity contribution is 1.93. The minimum Gasteiger partial charge on any atom is -0.170 e. The highest BCUT2D eigenvalue weighted by atomic mass is 35.6. The molecule has 5 radical (unpaired) electrons. The van der Waals surface area contributed by atoms with Gasteiger partial charge in [-0.05, 0) is 0 Å². The van der Waals surface area contributed by atoms with E-state index in [1.807, 2.05) is 0 Å². The zero-order valence-electron chi connectivity index (χ0n) is 2.33. The van der Waals surface area contributed by atoms with Crippen molar-refractivity contribution in [1.82, 2.24) is 0 Å². The minimum absolute atomic E-state index is 0.0448. The smallest absolute Gasteiger partial charge is 0.170 e. The topological polar surface area (TPSA) is 0 Å². The van der Waals surface area contributed by atoms with Crippen molar-refractivity contribution in [3.63, 3.8) is 0 Å². The van der Waals surface area contributed by atoms with Gasteiger partial charge in [0.25, 0.3) is 0 Å². The summed E-state index contributed by atoms with van der Waals surface area (Å²) in [6.45, 7) is 0. The molecule has 0 amide bonds. The van der Waals surface area contributed by atoms with E-state index in [9.17, 15) is 0 Å². The predicted molar refractivity (Wildman–Crippen MR) is 27.0 cm³/mol. The number of alkyl halides is 1. The molecule has 1 unspecified atom stereocenters. The van der Waals surface area contributed by atoms with Crippen LogP contribution in [0.4, 0.5) is 0 Å². The highest BCUT2D eigenvalue weighted by molar-refractivity contribution is 7.01. The first-order chi connectivity index (χ1) is 2.27. The summed E-state index contributed by atoms with van der Waals surface area (Å²) in [6.07, 6.45) is 0. The van der Waals surface area contributed by atoms with Crippen LogP contribution in [0.25, 0.3) is 0 Å². The molecule has 0 aliphatic heterocycles. The molecule has 27 valence electrons. The summed E-state index contributed by atoms with van der Waals surface area (Å²) in [5.41, 5.74) is 0. The molecule has 0 bridgehead atoms. The molecule has 0 spiro atoms. The molecule has 0 aromatic heterocycles.